The van der Waals surface area contributed by atoms with Gasteiger partial charge in [-0.25, -0.2) is 4.79 Å². The molecule has 2 rings (SSSR count). The van der Waals surface area contributed by atoms with Crippen LogP contribution in [0.15, 0.2) is 24.3 Å². The molecule has 1 aromatic heterocycles. The summed E-state index contributed by atoms with van der Waals surface area (Å²) in [5.41, 5.74) is 0.532. The van der Waals surface area contributed by atoms with Crippen LogP contribution >= 0.6 is 0 Å². The molecule has 0 aliphatic heterocycles. The first-order valence-corrected chi connectivity index (χ1v) is 4.39. The predicted molar refractivity (Wildman–Crippen MR) is 52.7 cm³/mol. The molecule has 1 heterocycles. The monoisotopic (exact) mass is 220 g/mol. The Kier molecular flexibility index (Phi) is 2.50. The SMILES string of the molecule is COc1ccccc1-n1nnc(C(=O)O)n1. The van der Waals surface area contributed by atoms with Gasteiger partial charge in [0.25, 0.3) is 5.82 Å². The molecule has 0 bridgehead atoms. The standard InChI is InChI=1S/C9H8N4O3/c1-16-7-5-3-2-4-6(7)13-11-8(9(14)15)10-12-13/h2-5H,1H3,(H,14,15). The van der Waals surface area contributed by atoms with Crippen LogP contribution in [0, 0.1) is 0 Å². The molecule has 1 aromatic carbocycles. The topological polar surface area (TPSA) is 90.1 Å². The van der Waals surface area contributed by atoms with Crippen LogP contribution in [-0.4, -0.2) is 38.4 Å². The van der Waals surface area contributed by atoms with Gasteiger partial charge in [0.15, 0.2) is 0 Å². The number of methoxy groups -OCH3 is 1. The largest absolute Gasteiger partial charge is 0.494 e. The number of carboxylic acids is 1. The molecule has 0 saturated carbocycles. The molecule has 0 amide bonds. The van der Waals surface area contributed by atoms with E-state index in [2.05, 4.69) is 15.4 Å². The zero-order valence-corrected chi connectivity index (χ0v) is 8.36. The minimum absolute atomic E-state index is 0.356. The quantitative estimate of drug-likeness (QED) is 0.803. The van der Waals surface area contributed by atoms with Crippen molar-refractivity contribution in [2.75, 3.05) is 7.11 Å². The van der Waals surface area contributed by atoms with Gasteiger partial charge < -0.3 is 9.84 Å². The van der Waals surface area contributed by atoms with Gasteiger partial charge in [-0.3, -0.25) is 0 Å². The lowest BCUT2D eigenvalue weighted by molar-refractivity contribution is 0.0683. The van der Waals surface area contributed by atoms with Crippen LogP contribution in [0.3, 0.4) is 0 Å². The maximum absolute atomic E-state index is 10.6. The van der Waals surface area contributed by atoms with Crippen molar-refractivity contribution in [1.82, 2.24) is 20.2 Å². The molecular weight excluding hydrogens is 212 g/mol. The first-order chi connectivity index (χ1) is 7.72. The van der Waals surface area contributed by atoms with Crippen LogP contribution < -0.4 is 4.74 Å². The van der Waals surface area contributed by atoms with Gasteiger partial charge in [0.2, 0.25) is 0 Å². The third kappa shape index (κ3) is 1.70. The van der Waals surface area contributed by atoms with Crippen LogP contribution in [-0.2, 0) is 0 Å². The number of benzene rings is 1. The van der Waals surface area contributed by atoms with E-state index in [1.807, 2.05) is 0 Å². The number of nitrogens with zero attached hydrogens (tertiary/aromatic N) is 4. The van der Waals surface area contributed by atoms with E-state index >= 15 is 0 Å². The van der Waals surface area contributed by atoms with Crippen molar-refractivity contribution in [2.24, 2.45) is 0 Å². The predicted octanol–water partition coefficient (Wildman–Crippen LogP) is 0.369. The van der Waals surface area contributed by atoms with E-state index in [0.29, 0.717) is 11.4 Å². The Morgan fingerprint density at radius 2 is 2.19 bits per heavy atom. The van der Waals surface area contributed by atoms with E-state index in [0.717, 1.165) is 4.80 Å². The molecule has 0 radical (unpaired) electrons. The second kappa shape index (κ2) is 3.97. The molecule has 0 atom stereocenters. The number of aromatic nitrogens is 4. The highest BCUT2D eigenvalue weighted by Crippen LogP contribution is 2.19. The van der Waals surface area contributed by atoms with Crippen molar-refractivity contribution in [3.05, 3.63) is 30.1 Å². The lowest BCUT2D eigenvalue weighted by Crippen LogP contribution is -2.03. The Labute approximate surface area is 90.3 Å². The molecule has 2 aromatic rings. The third-order valence-electron chi connectivity index (χ3n) is 1.91. The lowest BCUT2D eigenvalue weighted by atomic mass is 10.3. The summed E-state index contributed by atoms with van der Waals surface area (Å²) in [5.74, 6) is -1.04. The highest BCUT2D eigenvalue weighted by atomic mass is 16.5. The van der Waals surface area contributed by atoms with Gasteiger partial charge in [-0.15, -0.1) is 15.0 Å². The molecule has 0 aliphatic rings. The average Bonchev–Trinajstić information content (AvgIpc) is 2.78. The molecule has 0 aliphatic carbocycles. The Morgan fingerprint density at radius 1 is 1.44 bits per heavy atom. The second-order valence-corrected chi connectivity index (χ2v) is 2.88. The highest BCUT2D eigenvalue weighted by molar-refractivity contribution is 5.82. The van der Waals surface area contributed by atoms with Gasteiger partial charge in [-0.1, -0.05) is 12.1 Å². The zero-order chi connectivity index (χ0) is 11.5. The molecule has 7 heteroatoms. The molecular formula is C9H8N4O3. The first kappa shape index (κ1) is 10.1. The van der Waals surface area contributed by atoms with Crippen LogP contribution in [0.1, 0.15) is 10.6 Å². The molecule has 7 nitrogen and oxygen atoms in total. The minimum atomic E-state index is -1.22. The molecule has 16 heavy (non-hydrogen) atoms. The fourth-order valence-electron chi connectivity index (χ4n) is 1.20. The summed E-state index contributed by atoms with van der Waals surface area (Å²) >= 11 is 0. The summed E-state index contributed by atoms with van der Waals surface area (Å²) < 4.78 is 5.09. The van der Waals surface area contributed by atoms with Crippen molar-refractivity contribution >= 4 is 5.97 Å². The number of rotatable bonds is 3. The van der Waals surface area contributed by atoms with Gasteiger partial charge in [0, 0.05) is 0 Å². The van der Waals surface area contributed by atoms with Gasteiger partial charge in [0.05, 0.1) is 7.11 Å². The number of carbonyl (C=O) groups is 1. The maximum atomic E-state index is 10.6. The number of carboxylic acid groups (broad SMARTS) is 1. The van der Waals surface area contributed by atoms with E-state index in [1.165, 1.54) is 7.11 Å². The minimum Gasteiger partial charge on any atom is -0.494 e. The van der Waals surface area contributed by atoms with Crippen LogP contribution in [0.5, 0.6) is 5.75 Å². The average molecular weight is 220 g/mol. The molecule has 0 unspecified atom stereocenters. The number of para-hydroxylation sites is 2. The van der Waals surface area contributed by atoms with Crippen molar-refractivity contribution in [2.45, 2.75) is 0 Å². The summed E-state index contributed by atoms with van der Waals surface area (Å²) in [7, 11) is 1.51. The van der Waals surface area contributed by atoms with Crippen molar-refractivity contribution < 1.29 is 14.6 Å². The van der Waals surface area contributed by atoms with E-state index < -0.39 is 5.97 Å². The molecule has 0 saturated heterocycles. The van der Waals surface area contributed by atoms with Crippen LogP contribution in [0.4, 0.5) is 0 Å². The third-order valence-corrected chi connectivity index (χ3v) is 1.91. The van der Waals surface area contributed by atoms with E-state index in [1.54, 1.807) is 24.3 Å². The Bertz CT molecular complexity index is 523. The van der Waals surface area contributed by atoms with Gasteiger partial charge in [-0.05, 0) is 17.3 Å². The highest BCUT2D eigenvalue weighted by Gasteiger charge is 2.13. The van der Waals surface area contributed by atoms with Gasteiger partial charge in [-0.2, -0.15) is 0 Å². The van der Waals surface area contributed by atoms with Crippen LogP contribution in [0.25, 0.3) is 5.69 Å². The smallest absolute Gasteiger partial charge is 0.377 e. The van der Waals surface area contributed by atoms with Crippen molar-refractivity contribution in [3.8, 4) is 11.4 Å². The summed E-state index contributed by atoms with van der Waals surface area (Å²) in [4.78, 5) is 11.7. The number of tetrazole rings is 1. The number of ether oxygens (including phenoxy) is 1. The number of hydrogen-bond acceptors (Lipinski definition) is 5. The summed E-state index contributed by atoms with van der Waals surface area (Å²) in [6.07, 6.45) is 0. The second-order valence-electron chi connectivity index (χ2n) is 2.88. The van der Waals surface area contributed by atoms with E-state index in [4.69, 9.17) is 9.84 Å². The summed E-state index contributed by atoms with van der Waals surface area (Å²) in [5, 5.41) is 19.4. The Balaban J connectivity index is 2.46. The van der Waals surface area contributed by atoms with Crippen LogP contribution in [0.2, 0.25) is 0 Å². The van der Waals surface area contributed by atoms with Crippen molar-refractivity contribution in [3.63, 3.8) is 0 Å². The van der Waals surface area contributed by atoms with E-state index in [-0.39, 0.29) is 5.82 Å². The summed E-state index contributed by atoms with van der Waals surface area (Å²) in [6.45, 7) is 0. The van der Waals surface area contributed by atoms with Gasteiger partial charge >= 0.3 is 5.97 Å². The van der Waals surface area contributed by atoms with Gasteiger partial charge in [0.1, 0.15) is 11.4 Å². The molecule has 1 N–H and O–H groups in total. The van der Waals surface area contributed by atoms with Crippen molar-refractivity contribution in [1.29, 1.82) is 0 Å². The number of aromatic carboxylic acids is 1. The normalized spacial score (nSPS) is 10.1. The lowest BCUT2D eigenvalue weighted by Gasteiger charge is -2.04. The number of hydrogen-bond donors (Lipinski definition) is 1. The molecule has 82 valence electrons. The maximum Gasteiger partial charge on any atom is 0.377 e. The van der Waals surface area contributed by atoms with E-state index in [9.17, 15) is 4.79 Å². The fourth-order valence-corrected chi connectivity index (χ4v) is 1.20. The Hall–Kier alpha value is -2.44. The summed E-state index contributed by atoms with van der Waals surface area (Å²) in [6, 6.07) is 6.98. The molecule has 0 spiro atoms. The zero-order valence-electron chi connectivity index (χ0n) is 8.36. The first-order valence-electron chi connectivity index (χ1n) is 4.39. The fraction of sp³-hybridized carbons (Fsp3) is 0.111. The molecule has 0 fully saturated rings. The Morgan fingerprint density at radius 3 is 2.81 bits per heavy atom.